The van der Waals surface area contributed by atoms with Gasteiger partial charge < -0.3 is 16.0 Å². The molecule has 1 rings (SSSR count). The minimum atomic E-state index is -0.0117. The molecule has 3 N–H and O–H groups in total. The molecule has 0 aliphatic carbocycles. The van der Waals surface area contributed by atoms with Crippen molar-refractivity contribution in [1.82, 2.24) is 10.6 Å². The fraction of sp³-hybridized carbons (Fsp3) is 0.529. The third-order valence-corrected chi connectivity index (χ3v) is 3.55. The van der Waals surface area contributed by atoms with Crippen molar-refractivity contribution in [1.29, 1.82) is 0 Å². The lowest BCUT2D eigenvalue weighted by Gasteiger charge is -2.16. The highest BCUT2D eigenvalue weighted by Gasteiger charge is 2.04. The molecule has 1 atom stereocenters. The number of anilines is 1. The molecule has 1 aromatic rings. The smallest absolute Gasteiger partial charge is 0.224 e. The van der Waals surface area contributed by atoms with Crippen molar-refractivity contribution in [2.75, 3.05) is 18.4 Å². The topological polar surface area (TPSA) is 65.5 Å². The van der Waals surface area contributed by atoms with Crippen LogP contribution in [-0.2, 0) is 4.79 Å². The van der Waals surface area contributed by atoms with E-state index in [1.807, 2.05) is 6.92 Å². The maximum absolute atomic E-state index is 11.9. The quantitative estimate of drug-likeness (QED) is 0.235. The Morgan fingerprint density at radius 3 is 2.50 bits per heavy atom. The molecule has 0 heterocycles. The molecule has 0 spiro atoms. The number of carbonyl (C=O) groups excluding carboxylic acids is 1. The minimum Gasteiger partial charge on any atom is -0.357 e. The molecule has 0 fully saturated rings. The monoisotopic (exact) mass is 466 g/mol. The highest BCUT2D eigenvalue weighted by atomic mass is 127. The van der Waals surface area contributed by atoms with Crippen LogP contribution in [0.25, 0.3) is 0 Å². The Hall–Kier alpha value is -1.02. The van der Waals surface area contributed by atoms with Crippen LogP contribution in [0.3, 0.4) is 0 Å². The highest BCUT2D eigenvalue weighted by Crippen LogP contribution is 2.13. The van der Waals surface area contributed by atoms with Crippen molar-refractivity contribution >= 4 is 53.1 Å². The van der Waals surface area contributed by atoms with Gasteiger partial charge in [0, 0.05) is 36.3 Å². The number of halogens is 2. The van der Waals surface area contributed by atoms with Gasteiger partial charge in [-0.15, -0.1) is 24.0 Å². The van der Waals surface area contributed by atoms with E-state index in [4.69, 9.17) is 11.6 Å². The number of nitrogens with zero attached hydrogens (tertiary/aromatic N) is 1. The Kier molecular flexibility index (Phi) is 12.7. The van der Waals surface area contributed by atoms with Gasteiger partial charge >= 0.3 is 0 Å². The fourth-order valence-corrected chi connectivity index (χ4v) is 1.97. The average molecular weight is 467 g/mol. The van der Waals surface area contributed by atoms with Gasteiger partial charge in [0.2, 0.25) is 5.91 Å². The second-order valence-corrected chi connectivity index (χ2v) is 5.81. The molecule has 0 aromatic heterocycles. The predicted molar refractivity (Wildman–Crippen MR) is 114 cm³/mol. The summed E-state index contributed by atoms with van der Waals surface area (Å²) in [6.45, 7) is 7.71. The summed E-state index contributed by atoms with van der Waals surface area (Å²) in [5.41, 5.74) is 0.759. The van der Waals surface area contributed by atoms with Crippen molar-refractivity contribution in [3.8, 4) is 0 Å². The number of hydrogen-bond acceptors (Lipinski definition) is 2. The number of aliphatic imine (C=N–C) groups is 1. The maximum atomic E-state index is 11.9. The number of carbonyl (C=O) groups is 1. The normalized spacial score (nSPS) is 12.1. The molecule has 1 amide bonds. The van der Waals surface area contributed by atoms with E-state index < -0.39 is 0 Å². The Morgan fingerprint density at radius 2 is 1.92 bits per heavy atom. The van der Waals surface area contributed by atoms with Gasteiger partial charge in [-0.3, -0.25) is 9.79 Å². The van der Waals surface area contributed by atoms with Gasteiger partial charge in [-0.05, 0) is 51.0 Å². The summed E-state index contributed by atoms with van der Waals surface area (Å²) in [6.07, 6.45) is 2.18. The zero-order valence-corrected chi connectivity index (χ0v) is 17.7. The summed E-state index contributed by atoms with van der Waals surface area (Å²) in [5.74, 6) is 0.794. The molecule has 0 bridgehead atoms. The summed E-state index contributed by atoms with van der Waals surface area (Å²) in [7, 11) is 0. The van der Waals surface area contributed by atoms with E-state index in [2.05, 4.69) is 34.8 Å². The molecule has 0 aliphatic rings. The summed E-state index contributed by atoms with van der Waals surface area (Å²) in [5, 5.41) is 10.0. The van der Waals surface area contributed by atoms with Crippen LogP contribution < -0.4 is 16.0 Å². The molecule has 0 saturated heterocycles. The lowest BCUT2D eigenvalue weighted by molar-refractivity contribution is -0.116. The molecule has 1 unspecified atom stereocenters. The lowest BCUT2D eigenvalue weighted by atomic mass is 10.2. The molecule has 0 radical (unpaired) electrons. The first-order chi connectivity index (χ1) is 11.0. The number of nitrogens with one attached hydrogen (secondary N) is 3. The van der Waals surface area contributed by atoms with Gasteiger partial charge in [0.05, 0.1) is 0 Å². The van der Waals surface area contributed by atoms with E-state index in [1.165, 1.54) is 0 Å². The molecule has 5 nitrogen and oxygen atoms in total. The van der Waals surface area contributed by atoms with Gasteiger partial charge in [0.25, 0.3) is 0 Å². The SMILES string of the molecule is CCNC(=NCCCC(=O)Nc1ccc(Cl)cc1)NC(C)CC.I. The molecular formula is C17H28ClIN4O. The lowest BCUT2D eigenvalue weighted by Crippen LogP contribution is -2.42. The molecule has 136 valence electrons. The molecular weight excluding hydrogens is 439 g/mol. The van der Waals surface area contributed by atoms with E-state index in [0.717, 1.165) is 24.6 Å². The molecule has 1 aromatic carbocycles. The first kappa shape index (κ1) is 23.0. The second-order valence-electron chi connectivity index (χ2n) is 5.37. The van der Waals surface area contributed by atoms with Crippen molar-refractivity contribution in [3.05, 3.63) is 29.3 Å². The van der Waals surface area contributed by atoms with Crippen LogP contribution in [0, 0.1) is 0 Å². The van der Waals surface area contributed by atoms with Crippen LogP contribution in [0.1, 0.15) is 40.0 Å². The molecule has 0 aliphatic heterocycles. The number of hydrogen-bond donors (Lipinski definition) is 3. The van der Waals surface area contributed by atoms with E-state index in [9.17, 15) is 4.79 Å². The zero-order valence-electron chi connectivity index (χ0n) is 14.6. The standard InChI is InChI=1S/C17H27ClN4O.HI/c1-4-13(3)21-17(19-5-2)20-12-6-7-16(23)22-15-10-8-14(18)9-11-15;/h8-11,13H,4-7,12H2,1-3H3,(H,22,23)(H2,19,20,21);1H. The van der Waals surface area contributed by atoms with Crippen LogP contribution >= 0.6 is 35.6 Å². The van der Waals surface area contributed by atoms with Crippen molar-refractivity contribution < 1.29 is 4.79 Å². The Morgan fingerprint density at radius 1 is 1.25 bits per heavy atom. The van der Waals surface area contributed by atoms with Gasteiger partial charge in [0.15, 0.2) is 5.96 Å². The van der Waals surface area contributed by atoms with Crippen LogP contribution in [-0.4, -0.2) is 31.0 Å². The number of benzene rings is 1. The van der Waals surface area contributed by atoms with Gasteiger partial charge in [0.1, 0.15) is 0 Å². The summed E-state index contributed by atoms with van der Waals surface area (Å²) in [6, 6.07) is 7.46. The number of rotatable bonds is 8. The minimum absolute atomic E-state index is 0. The third-order valence-electron chi connectivity index (χ3n) is 3.30. The van der Waals surface area contributed by atoms with Gasteiger partial charge in [-0.2, -0.15) is 0 Å². The van der Waals surface area contributed by atoms with Gasteiger partial charge in [-0.25, -0.2) is 0 Å². The molecule has 24 heavy (non-hydrogen) atoms. The van der Waals surface area contributed by atoms with Crippen molar-refractivity contribution in [2.24, 2.45) is 4.99 Å². The van der Waals surface area contributed by atoms with Crippen LogP contribution in [0.5, 0.6) is 0 Å². The second kappa shape index (κ2) is 13.3. The highest BCUT2D eigenvalue weighted by molar-refractivity contribution is 14.0. The van der Waals surface area contributed by atoms with E-state index in [1.54, 1.807) is 24.3 Å². The summed E-state index contributed by atoms with van der Waals surface area (Å²) >= 11 is 5.81. The maximum Gasteiger partial charge on any atom is 0.224 e. The fourth-order valence-electron chi connectivity index (χ4n) is 1.84. The van der Waals surface area contributed by atoms with E-state index in [0.29, 0.717) is 30.5 Å². The van der Waals surface area contributed by atoms with Crippen molar-refractivity contribution in [3.63, 3.8) is 0 Å². The van der Waals surface area contributed by atoms with Crippen molar-refractivity contribution in [2.45, 2.75) is 46.1 Å². The largest absolute Gasteiger partial charge is 0.357 e. The van der Waals surface area contributed by atoms with Crippen LogP contribution in [0.15, 0.2) is 29.3 Å². The first-order valence-corrected chi connectivity index (χ1v) is 8.53. The summed E-state index contributed by atoms with van der Waals surface area (Å²) in [4.78, 5) is 16.4. The van der Waals surface area contributed by atoms with Crippen LogP contribution in [0.4, 0.5) is 5.69 Å². The van der Waals surface area contributed by atoms with E-state index >= 15 is 0 Å². The third kappa shape index (κ3) is 9.97. The Bertz CT molecular complexity index is 508. The predicted octanol–water partition coefficient (Wildman–Crippen LogP) is 4.03. The Labute approximate surface area is 167 Å². The first-order valence-electron chi connectivity index (χ1n) is 8.15. The number of guanidine groups is 1. The molecule has 0 saturated carbocycles. The average Bonchev–Trinajstić information content (AvgIpc) is 2.53. The Balaban J connectivity index is 0.00000529. The van der Waals surface area contributed by atoms with E-state index in [-0.39, 0.29) is 29.9 Å². The zero-order chi connectivity index (χ0) is 17.1. The van der Waals surface area contributed by atoms with Gasteiger partial charge in [-0.1, -0.05) is 18.5 Å². The number of amides is 1. The molecule has 7 heteroatoms. The van der Waals surface area contributed by atoms with Crippen LogP contribution in [0.2, 0.25) is 5.02 Å². The summed E-state index contributed by atoms with van der Waals surface area (Å²) < 4.78 is 0.